The summed E-state index contributed by atoms with van der Waals surface area (Å²) in [5, 5.41) is 0.781. The maximum Gasteiger partial charge on any atom is 0.112 e. The standard InChI is InChI=1S/C15H21ClN2/c1-5-11(4)15-17-13-7-6-12(16)8-14(13)18(15)9-10(2)3/h6-8,10-11H,5,9H2,1-4H3. The van der Waals surface area contributed by atoms with Gasteiger partial charge in [0, 0.05) is 17.5 Å². The highest BCUT2D eigenvalue weighted by Crippen LogP contribution is 2.27. The lowest BCUT2D eigenvalue weighted by Gasteiger charge is -2.15. The van der Waals surface area contributed by atoms with Gasteiger partial charge in [-0.2, -0.15) is 0 Å². The molecule has 1 aromatic carbocycles. The molecule has 0 spiro atoms. The molecule has 98 valence electrons. The van der Waals surface area contributed by atoms with E-state index in [0.717, 1.165) is 29.0 Å². The lowest BCUT2D eigenvalue weighted by molar-refractivity contribution is 0.499. The molecule has 1 heterocycles. The Bertz CT molecular complexity index is 543. The summed E-state index contributed by atoms with van der Waals surface area (Å²) in [4.78, 5) is 4.78. The van der Waals surface area contributed by atoms with Crippen LogP contribution in [0, 0.1) is 5.92 Å². The predicted octanol–water partition coefficient (Wildman–Crippen LogP) is 4.86. The van der Waals surface area contributed by atoms with Gasteiger partial charge in [-0.05, 0) is 30.5 Å². The Hall–Kier alpha value is -1.02. The van der Waals surface area contributed by atoms with Crippen molar-refractivity contribution < 1.29 is 0 Å². The smallest absolute Gasteiger partial charge is 0.112 e. The Morgan fingerprint density at radius 2 is 2.00 bits per heavy atom. The summed E-state index contributed by atoms with van der Waals surface area (Å²) < 4.78 is 2.33. The molecule has 1 atom stereocenters. The maximum absolute atomic E-state index is 6.11. The molecule has 0 aliphatic carbocycles. The van der Waals surface area contributed by atoms with Gasteiger partial charge in [-0.3, -0.25) is 0 Å². The predicted molar refractivity (Wildman–Crippen MR) is 78.3 cm³/mol. The molecule has 0 saturated carbocycles. The molecule has 2 nitrogen and oxygen atoms in total. The van der Waals surface area contributed by atoms with Crippen molar-refractivity contribution in [2.75, 3.05) is 0 Å². The molecule has 2 rings (SSSR count). The van der Waals surface area contributed by atoms with Crippen LogP contribution in [0.25, 0.3) is 11.0 Å². The van der Waals surface area contributed by atoms with E-state index in [1.165, 1.54) is 5.82 Å². The highest BCUT2D eigenvalue weighted by molar-refractivity contribution is 6.31. The number of hydrogen-bond donors (Lipinski definition) is 0. The molecule has 18 heavy (non-hydrogen) atoms. The van der Waals surface area contributed by atoms with Gasteiger partial charge in [-0.25, -0.2) is 4.98 Å². The van der Waals surface area contributed by atoms with Gasteiger partial charge < -0.3 is 4.57 Å². The number of aromatic nitrogens is 2. The second-order valence-corrected chi connectivity index (χ2v) is 5.85. The normalized spacial score (nSPS) is 13.4. The van der Waals surface area contributed by atoms with Gasteiger partial charge in [0.1, 0.15) is 5.82 Å². The summed E-state index contributed by atoms with van der Waals surface area (Å²) in [5.41, 5.74) is 2.21. The average Bonchev–Trinajstić information content (AvgIpc) is 2.66. The Balaban J connectivity index is 2.61. The van der Waals surface area contributed by atoms with Crippen molar-refractivity contribution in [1.29, 1.82) is 0 Å². The number of benzene rings is 1. The Labute approximate surface area is 114 Å². The van der Waals surface area contributed by atoms with Crippen LogP contribution in [0.15, 0.2) is 18.2 Å². The second-order valence-electron chi connectivity index (χ2n) is 5.42. The molecule has 1 unspecified atom stereocenters. The van der Waals surface area contributed by atoms with Crippen LogP contribution in [0.2, 0.25) is 5.02 Å². The minimum atomic E-state index is 0.481. The molecule has 2 aromatic rings. The summed E-state index contributed by atoms with van der Waals surface area (Å²) >= 11 is 6.11. The summed E-state index contributed by atoms with van der Waals surface area (Å²) in [5.74, 6) is 2.27. The van der Waals surface area contributed by atoms with Crippen molar-refractivity contribution in [3.05, 3.63) is 29.0 Å². The van der Waals surface area contributed by atoms with Gasteiger partial charge in [-0.1, -0.05) is 39.3 Å². The Morgan fingerprint density at radius 1 is 1.28 bits per heavy atom. The van der Waals surface area contributed by atoms with Crippen LogP contribution in [0.5, 0.6) is 0 Å². The number of fused-ring (bicyclic) bond motifs is 1. The minimum Gasteiger partial charge on any atom is -0.327 e. The molecule has 0 fully saturated rings. The number of imidazole rings is 1. The first kappa shape index (κ1) is 13.4. The van der Waals surface area contributed by atoms with Crippen LogP contribution >= 0.6 is 11.6 Å². The van der Waals surface area contributed by atoms with Crippen LogP contribution < -0.4 is 0 Å². The molecule has 0 aliphatic heterocycles. The van der Waals surface area contributed by atoms with Crippen LogP contribution in [-0.2, 0) is 6.54 Å². The highest BCUT2D eigenvalue weighted by atomic mass is 35.5. The van der Waals surface area contributed by atoms with E-state index in [4.69, 9.17) is 16.6 Å². The van der Waals surface area contributed by atoms with Crippen LogP contribution in [0.1, 0.15) is 45.9 Å². The van der Waals surface area contributed by atoms with Crippen LogP contribution in [0.3, 0.4) is 0 Å². The number of hydrogen-bond acceptors (Lipinski definition) is 1. The Morgan fingerprint density at radius 3 is 2.61 bits per heavy atom. The van der Waals surface area contributed by atoms with Gasteiger partial charge in [0.25, 0.3) is 0 Å². The van der Waals surface area contributed by atoms with E-state index in [1.807, 2.05) is 18.2 Å². The third-order valence-electron chi connectivity index (χ3n) is 3.34. The van der Waals surface area contributed by atoms with E-state index in [-0.39, 0.29) is 0 Å². The van der Waals surface area contributed by atoms with Gasteiger partial charge >= 0.3 is 0 Å². The van der Waals surface area contributed by atoms with Crippen LogP contribution in [-0.4, -0.2) is 9.55 Å². The van der Waals surface area contributed by atoms with Crippen molar-refractivity contribution >= 4 is 22.6 Å². The SMILES string of the molecule is CCC(C)c1nc2ccc(Cl)cc2n1CC(C)C. The molecular weight excluding hydrogens is 244 g/mol. The fraction of sp³-hybridized carbons (Fsp3) is 0.533. The average molecular weight is 265 g/mol. The van der Waals surface area contributed by atoms with Crippen molar-refractivity contribution in [3.8, 4) is 0 Å². The van der Waals surface area contributed by atoms with Gasteiger partial charge in [0.2, 0.25) is 0 Å². The number of nitrogens with zero attached hydrogens (tertiary/aromatic N) is 2. The second kappa shape index (κ2) is 5.31. The zero-order valence-electron chi connectivity index (χ0n) is 11.6. The molecule has 0 amide bonds. The number of halogens is 1. The van der Waals surface area contributed by atoms with Crippen molar-refractivity contribution in [1.82, 2.24) is 9.55 Å². The molecule has 0 radical (unpaired) electrons. The van der Waals surface area contributed by atoms with E-state index in [0.29, 0.717) is 11.8 Å². The maximum atomic E-state index is 6.11. The lowest BCUT2D eigenvalue weighted by atomic mass is 10.1. The quantitative estimate of drug-likeness (QED) is 0.771. The molecule has 3 heteroatoms. The number of rotatable bonds is 4. The molecule has 1 aromatic heterocycles. The van der Waals surface area contributed by atoms with Crippen LogP contribution in [0.4, 0.5) is 0 Å². The van der Waals surface area contributed by atoms with Crippen molar-refractivity contribution in [2.45, 2.75) is 46.6 Å². The summed E-state index contributed by atoms with van der Waals surface area (Å²) in [6.07, 6.45) is 1.11. The Kier molecular flexibility index (Phi) is 3.96. The molecule has 0 aliphatic rings. The monoisotopic (exact) mass is 264 g/mol. The first-order valence-corrected chi connectivity index (χ1v) is 7.06. The van der Waals surface area contributed by atoms with E-state index in [9.17, 15) is 0 Å². The zero-order valence-corrected chi connectivity index (χ0v) is 12.3. The summed E-state index contributed by atoms with van der Waals surface area (Å²) in [6, 6.07) is 5.95. The molecule has 0 bridgehead atoms. The molecule has 0 N–H and O–H groups in total. The topological polar surface area (TPSA) is 17.8 Å². The van der Waals surface area contributed by atoms with E-state index in [1.54, 1.807) is 0 Å². The van der Waals surface area contributed by atoms with Crippen molar-refractivity contribution in [2.24, 2.45) is 5.92 Å². The van der Waals surface area contributed by atoms with Gasteiger partial charge in [-0.15, -0.1) is 0 Å². The fourth-order valence-electron chi connectivity index (χ4n) is 2.23. The van der Waals surface area contributed by atoms with Crippen molar-refractivity contribution in [3.63, 3.8) is 0 Å². The third-order valence-corrected chi connectivity index (χ3v) is 3.58. The fourth-order valence-corrected chi connectivity index (χ4v) is 2.40. The van der Waals surface area contributed by atoms with E-state index in [2.05, 4.69) is 32.3 Å². The minimum absolute atomic E-state index is 0.481. The van der Waals surface area contributed by atoms with E-state index < -0.39 is 0 Å². The highest BCUT2D eigenvalue weighted by Gasteiger charge is 2.16. The zero-order chi connectivity index (χ0) is 13.3. The van der Waals surface area contributed by atoms with E-state index >= 15 is 0 Å². The van der Waals surface area contributed by atoms with Gasteiger partial charge in [0.05, 0.1) is 11.0 Å². The first-order valence-electron chi connectivity index (χ1n) is 6.68. The summed E-state index contributed by atoms with van der Waals surface area (Å²) in [6.45, 7) is 9.90. The van der Waals surface area contributed by atoms with Gasteiger partial charge in [0.15, 0.2) is 0 Å². The molecule has 0 saturated heterocycles. The summed E-state index contributed by atoms with van der Waals surface area (Å²) in [7, 11) is 0. The third kappa shape index (κ3) is 2.54. The first-order chi connectivity index (χ1) is 8.52. The molecular formula is C15H21ClN2. The largest absolute Gasteiger partial charge is 0.327 e. The lowest BCUT2D eigenvalue weighted by Crippen LogP contribution is -2.10.